The average molecular weight is 349 g/mol. The molecule has 0 aliphatic carbocycles. The number of ether oxygens (including phenoxy) is 1. The lowest BCUT2D eigenvalue weighted by atomic mass is 10.1. The van der Waals surface area contributed by atoms with Gasteiger partial charge in [0.2, 0.25) is 0 Å². The molecule has 0 bridgehead atoms. The molecule has 5 heteroatoms. The van der Waals surface area contributed by atoms with Gasteiger partial charge < -0.3 is 14.6 Å². The number of hydrogen-bond acceptors (Lipinski definition) is 3. The third-order valence-corrected chi connectivity index (χ3v) is 4.26. The molecule has 134 valence electrons. The van der Waals surface area contributed by atoms with Gasteiger partial charge >= 0.3 is 0 Å². The number of nitrogens with one attached hydrogen (secondary N) is 1. The highest BCUT2D eigenvalue weighted by atomic mass is 16.5. The number of imidazole rings is 1. The first-order valence-corrected chi connectivity index (χ1v) is 8.65. The predicted molar refractivity (Wildman–Crippen MR) is 101 cm³/mol. The van der Waals surface area contributed by atoms with Gasteiger partial charge in [-0.2, -0.15) is 0 Å². The molecule has 5 nitrogen and oxygen atoms in total. The quantitative estimate of drug-likeness (QED) is 0.736. The minimum Gasteiger partial charge on any atom is -0.481 e. The minimum atomic E-state index is -0.564. The van der Waals surface area contributed by atoms with Crippen molar-refractivity contribution in [2.24, 2.45) is 0 Å². The smallest absolute Gasteiger partial charge is 0.261 e. The fraction of sp³-hybridized carbons (Fsp3) is 0.238. The third kappa shape index (κ3) is 4.30. The highest BCUT2D eigenvalue weighted by Crippen LogP contribution is 2.17. The lowest BCUT2D eigenvalue weighted by Crippen LogP contribution is -2.37. The molecular formula is C21H23N3O2. The monoisotopic (exact) mass is 349 g/mol. The molecule has 0 saturated carbocycles. The largest absolute Gasteiger partial charge is 0.481 e. The van der Waals surface area contributed by atoms with Crippen LogP contribution in [0.25, 0.3) is 5.69 Å². The van der Waals surface area contributed by atoms with E-state index in [0.717, 1.165) is 16.8 Å². The van der Waals surface area contributed by atoms with Gasteiger partial charge in [0, 0.05) is 18.1 Å². The highest BCUT2D eigenvalue weighted by molar-refractivity contribution is 5.81. The van der Waals surface area contributed by atoms with Gasteiger partial charge in [-0.25, -0.2) is 4.98 Å². The molecule has 0 radical (unpaired) electrons. The van der Waals surface area contributed by atoms with Crippen molar-refractivity contribution in [3.05, 3.63) is 78.4 Å². The Bertz CT molecular complexity index is 840. The molecule has 0 spiro atoms. The summed E-state index contributed by atoms with van der Waals surface area (Å²) in [5.74, 6) is 0.548. The first kappa shape index (κ1) is 17.7. The van der Waals surface area contributed by atoms with Crippen LogP contribution in [0.15, 0.2) is 67.3 Å². The van der Waals surface area contributed by atoms with E-state index in [1.54, 1.807) is 19.4 Å². The summed E-state index contributed by atoms with van der Waals surface area (Å²) in [6.07, 6.45) is 4.83. The third-order valence-electron chi connectivity index (χ3n) is 4.26. The molecule has 26 heavy (non-hydrogen) atoms. The number of carbonyl (C=O) groups excluding carboxylic acids is 1. The van der Waals surface area contributed by atoms with E-state index >= 15 is 0 Å². The lowest BCUT2D eigenvalue weighted by molar-refractivity contribution is -0.127. The van der Waals surface area contributed by atoms with Crippen molar-refractivity contribution in [2.45, 2.75) is 32.9 Å². The van der Waals surface area contributed by atoms with Crippen LogP contribution in [0.4, 0.5) is 0 Å². The summed E-state index contributed by atoms with van der Waals surface area (Å²) in [5, 5.41) is 3.00. The summed E-state index contributed by atoms with van der Waals surface area (Å²) < 4.78 is 7.65. The molecule has 1 N–H and O–H groups in total. The number of aromatic nitrogens is 2. The van der Waals surface area contributed by atoms with Crippen molar-refractivity contribution in [2.75, 3.05) is 0 Å². The van der Waals surface area contributed by atoms with E-state index in [1.807, 2.05) is 73.1 Å². The van der Waals surface area contributed by atoms with Crippen LogP contribution in [-0.4, -0.2) is 21.6 Å². The first-order valence-electron chi connectivity index (χ1n) is 8.65. The van der Waals surface area contributed by atoms with Gasteiger partial charge in [0.15, 0.2) is 6.10 Å². The maximum Gasteiger partial charge on any atom is 0.261 e. The topological polar surface area (TPSA) is 56.1 Å². The van der Waals surface area contributed by atoms with E-state index in [0.29, 0.717) is 5.75 Å². The van der Waals surface area contributed by atoms with Crippen molar-refractivity contribution >= 4 is 5.91 Å². The second-order valence-electron chi connectivity index (χ2n) is 6.36. The zero-order valence-corrected chi connectivity index (χ0v) is 15.2. The standard InChI is InChI=1S/C21H23N3O2/c1-15-4-10-20(11-5-15)26-17(3)21(25)23-16(2)18-6-8-19(9-7-18)24-13-12-22-14-24/h4-14,16-17H,1-3H3,(H,23,25)/t16-,17-/m0/s1. The molecule has 1 aromatic heterocycles. The molecular weight excluding hydrogens is 326 g/mol. The number of amides is 1. The maximum absolute atomic E-state index is 12.4. The van der Waals surface area contributed by atoms with Gasteiger partial charge in [0.1, 0.15) is 5.75 Å². The number of benzene rings is 2. The van der Waals surface area contributed by atoms with E-state index in [-0.39, 0.29) is 11.9 Å². The Labute approximate surface area is 153 Å². The minimum absolute atomic E-state index is 0.108. The Morgan fingerprint density at radius 3 is 2.38 bits per heavy atom. The predicted octanol–water partition coefficient (Wildman–Crippen LogP) is 3.83. The number of carbonyl (C=O) groups is 1. The lowest BCUT2D eigenvalue weighted by Gasteiger charge is -2.19. The van der Waals surface area contributed by atoms with Crippen molar-refractivity contribution < 1.29 is 9.53 Å². The van der Waals surface area contributed by atoms with Crippen molar-refractivity contribution in [3.63, 3.8) is 0 Å². The van der Waals surface area contributed by atoms with Crippen LogP contribution < -0.4 is 10.1 Å². The van der Waals surface area contributed by atoms with Gasteiger partial charge in [-0.15, -0.1) is 0 Å². The van der Waals surface area contributed by atoms with Crippen LogP contribution in [0.1, 0.15) is 31.0 Å². The number of rotatable bonds is 6. The molecule has 1 heterocycles. The van der Waals surface area contributed by atoms with E-state index < -0.39 is 6.10 Å². The fourth-order valence-electron chi connectivity index (χ4n) is 2.64. The Morgan fingerprint density at radius 1 is 1.08 bits per heavy atom. The molecule has 3 rings (SSSR count). The zero-order chi connectivity index (χ0) is 18.5. The SMILES string of the molecule is Cc1ccc(O[C@@H](C)C(=O)N[C@@H](C)c2ccc(-n3ccnc3)cc2)cc1. The zero-order valence-electron chi connectivity index (χ0n) is 15.2. The molecule has 0 unspecified atom stereocenters. The molecule has 0 saturated heterocycles. The van der Waals surface area contributed by atoms with Crippen LogP contribution in [-0.2, 0) is 4.79 Å². The number of aryl methyl sites for hydroxylation is 1. The Morgan fingerprint density at radius 2 is 1.77 bits per heavy atom. The summed E-state index contributed by atoms with van der Waals surface area (Å²) in [4.78, 5) is 16.4. The van der Waals surface area contributed by atoms with Crippen molar-refractivity contribution in [3.8, 4) is 11.4 Å². The van der Waals surface area contributed by atoms with E-state index in [4.69, 9.17) is 4.74 Å². The van der Waals surface area contributed by atoms with E-state index in [1.165, 1.54) is 0 Å². The Kier molecular flexibility index (Phi) is 5.37. The Hall–Kier alpha value is -3.08. The second kappa shape index (κ2) is 7.87. The summed E-state index contributed by atoms with van der Waals surface area (Å²) in [5.41, 5.74) is 3.22. The van der Waals surface area contributed by atoms with Gasteiger partial charge in [0.05, 0.1) is 12.4 Å². The molecule has 1 amide bonds. The summed E-state index contributed by atoms with van der Waals surface area (Å²) in [6.45, 7) is 5.73. The summed E-state index contributed by atoms with van der Waals surface area (Å²) in [7, 11) is 0. The van der Waals surface area contributed by atoms with Crippen LogP contribution >= 0.6 is 0 Å². The molecule has 3 aromatic rings. The molecule has 0 aliphatic rings. The normalized spacial score (nSPS) is 13.0. The summed E-state index contributed by atoms with van der Waals surface area (Å²) >= 11 is 0. The molecule has 0 aliphatic heterocycles. The molecule has 2 aromatic carbocycles. The van der Waals surface area contributed by atoms with Crippen LogP contribution in [0.2, 0.25) is 0 Å². The van der Waals surface area contributed by atoms with Crippen molar-refractivity contribution in [1.82, 2.24) is 14.9 Å². The van der Waals surface area contributed by atoms with Crippen LogP contribution in [0.3, 0.4) is 0 Å². The molecule has 2 atom stereocenters. The maximum atomic E-state index is 12.4. The summed E-state index contributed by atoms with van der Waals surface area (Å²) in [6, 6.07) is 15.6. The second-order valence-corrected chi connectivity index (χ2v) is 6.36. The van der Waals surface area contributed by atoms with Gasteiger partial charge in [-0.3, -0.25) is 4.79 Å². The highest BCUT2D eigenvalue weighted by Gasteiger charge is 2.17. The fourth-order valence-corrected chi connectivity index (χ4v) is 2.64. The van der Waals surface area contributed by atoms with Crippen LogP contribution in [0.5, 0.6) is 5.75 Å². The van der Waals surface area contributed by atoms with Gasteiger partial charge in [-0.05, 0) is 50.6 Å². The molecule has 0 fully saturated rings. The number of nitrogens with zero attached hydrogens (tertiary/aromatic N) is 2. The van der Waals surface area contributed by atoms with Gasteiger partial charge in [-0.1, -0.05) is 29.8 Å². The van der Waals surface area contributed by atoms with Crippen LogP contribution in [0, 0.1) is 6.92 Å². The average Bonchev–Trinajstić information content (AvgIpc) is 3.18. The first-order chi connectivity index (χ1) is 12.5. The number of hydrogen-bond donors (Lipinski definition) is 1. The van der Waals surface area contributed by atoms with Crippen molar-refractivity contribution in [1.29, 1.82) is 0 Å². The van der Waals surface area contributed by atoms with E-state index in [2.05, 4.69) is 10.3 Å². The Balaban J connectivity index is 1.58. The van der Waals surface area contributed by atoms with Gasteiger partial charge in [0.25, 0.3) is 5.91 Å². The van der Waals surface area contributed by atoms with E-state index in [9.17, 15) is 4.79 Å².